The van der Waals surface area contributed by atoms with Crippen LogP contribution in [0.1, 0.15) is 27.4 Å². The molecule has 0 N–H and O–H groups in total. The Hall–Kier alpha value is -3.40. The van der Waals surface area contributed by atoms with E-state index in [2.05, 4.69) is 15.0 Å². The Labute approximate surface area is 189 Å². The second-order valence-electron chi connectivity index (χ2n) is 7.50. The van der Waals surface area contributed by atoms with E-state index in [1.54, 1.807) is 30.5 Å². The number of hydrogen-bond acceptors (Lipinski definition) is 8. The van der Waals surface area contributed by atoms with Gasteiger partial charge in [-0.3, -0.25) is 14.9 Å². The molecule has 0 bridgehead atoms. The first-order valence-electron chi connectivity index (χ1n) is 10.2. The van der Waals surface area contributed by atoms with Crippen LogP contribution in [0.2, 0.25) is 0 Å². The standard InChI is InChI=1S/C22H23N5O4S/c1-15-20(16(2)31-24-15)14-32-21-19(7-4-8-23-21)22(28)26-11-9-25(10-12-26)17-5-3-6-18(13-17)27(29)30/h3-8,13H,9-12,14H2,1-2H3. The smallest absolute Gasteiger partial charge is 0.271 e. The van der Waals surface area contributed by atoms with E-state index in [4.69, 9.17) is 4.52 Å². The van der Waals surface area contributed by atoms with Gasteiger partial charge in [0.05, 0.1) is 16.2 Å². The zero-order valence-corrected chi connectivity index (χ0v) is 18.7. The SMILES string of the molecule is Cc1noc(C)c1CSc1ncccc1C(=O)N1CCN(c2cccc([N+](=O)[O-])c2)CC1. The Balaban J connectivity index is 1.42. The number of piperazine rings is 1. The second-order valence-corrected chi connectivity index (χ2v) is 8.47. The van der Waals surface area contributed by atoms with E-state index >= 15 is 0 Å². The molecule has 0 atom stereocenters. The summed E-state index contributed by atoms with van der Waals surface area (Å²) < 4.78 is 5.22. The number of nitrogens with zero attached hydrogens (tertiary/aromatic N) is 5. The molecule has 1 aromatic carbocycles. The van der Waals surface area contributed by atoms with Crippen molar-refractivity contribution in [3.63, 3.8) is 0 Å². The summed E-state index contributed by atoms with van der Waals surface area (Å²) in [7, 11) is 0. The summed E-state index contributed by atoms with van der Waals surface area (Å²) >= 11 is 1.49. The third kappa shape index (κ3) is 4.59. The second kappa shape index (κ2) is 9.39. The molecule has 1 amide bonds. The van der Waals surface area contributed by atoms with Crippen LogP contribution >= 0.6 is 11.8 Å². The molecule has 4 rings (SSSR count). The third-order valence-electron chi connectivity index (χ3n) is 5.51. The summed E-state index contributed by atoms with van der Waals surface area (Å²) in [5.41, 5.74) is 3.30. The fourth-order valence-corrected chi connectivity index (χ4v) is 4.80. The van der Waals surface area contributed by atoms with E-state index in [0.717, 1.165) is 22.7 Å². The lowest BCUT2D eigenvalue weighted by Gasteiger charge is -2.36. The van der Waals surface area contributed by atoms with Gasteiger partial charge in [-0.25, -0.2) is 4.98 Å². The van der Waals surface area contributed by atoms with Crippen molar-refractivity contribution in [2.24, 2.45) is 0 Å². The van der Waals surface area contributed by atoms with Crippen LogP contribution in [0, 0.1) is 24.0 Å². The van der Waals surface area contributed by atoms with Crippen molar-refractivity contribution < 1.29 is 14.2 Å². The lowest BCUT2D eigenvalue weighted by molar-refractivity contribution is -0.384. The number of hydrogen-bond donors (Lipinski definition) is 0. The van der Waals surface area contributed by atoms with Gasteiger partial charge in [-0.2, -0.15) is 0 Å². The lowest BCUT2D eigenvalue weighted by atomic mass is 10.2. The van der Waals surface area contributed by atoms with Crippen molar-refractivity contribution in [2.75, 3.05) is 31.1 Å². The monoisotopic (exact) mass is 453 g/mol. The van der Waals surface area contributed by atoms with Crippen molar-refractivity contribution >= 4 is 29.0 Å². The van der Waals surface area contributed by atoms with Gasteiger partial charge in [0.25, 0.3) is 11.6 Å². The van der Waals surface area contributed by atoms with E-state index in [9.17, 15) is 14.9 Å². The molecule has 1 aliphatic rings. The summed E-state index contributed by atoms with van der Waals surface area (Å²) in [6.45, 7) is 6.05. The number of rotatable bonds is 6. The number of carbonyl (C=O) groups is 1. The number of benzene rings is 1. The molecule has 3 aromatic rings. The number of nitro groups is 1. The van der Waals surface area contributed by atoms with Gasteiger partial charge in [0, 0.05) is 61.5 Å². The minimum absolute atomic E-state index is 0.0574. The summed E-state index contributed by atoms with van der Waals surface area (Å²) in [6.07, 6.45) is 1.69. The Morgan fingerprint density at radius 1 is 1.19 bits per heavy atom. The first-order valence-corrected chi connectivity index (χ1v) is 11.2. The van der Waals surface area contributed by atoms with Crippen LogP contribution in [-0.2, 0) is 5.75 Å². The van der Waals surface area contributed by atoms with Gasteiger partial charge in [-0.15, -0.1) is 11.8 Å². The van der Waals surface area contributed by atoms with E-state index in [1.165, 1.54) is 17.8 Å². The highest BCUT2D eigenvalue weighted by Gasteiger charge is 2.25. The Bertz CT molecular complexity index is 1120. The molecular weight excluding hydrogens is 430 g/mol. The van der Waals surface area contributed by atoms with Crippen LogP contribution < -0.4 is 4.90 Å². The average Bonchev–Trinajstić information content (AvgIpc) is 3.14. The van der Waals surface area contributed by atoms with E-state index in [-0.39, 0.29) is 11.6 Å². The van der Waals surface area contributed by atoms with Gasteiger partial charge in [0.1, 0.15) is 10.8 Å². The molecule has 166 valence electrons. The topological polar surface area (TPSA) is 106 Å². The van der Waals surface area contributed by atoms with Crippen molar-refractivity contribution in [1.29, 1.82) is 0 Å². The first kappa shape index (κ1) is 21.8. The number of aromatic nitrogens is 2. The molecule has 0 saturated carbocycles. The number of carbonyl (C=O) groups excluding carboxylic acids is 1. The lowest BCUT2D eigenvalue weighted by Crippen LogP contribution is -2.49. The molecule has 1 fully saturated rings. The Morgan fingerprint density at radius 3 is 2.66 bits per heavy atom. The molecule has 0 radical (unpaired) electrons. The molecular formula is C22H23N5O4S. The predicted octanol–water partition coefficient (Wildman–Crippen LogP) is 3.85. The number of pyridine rings is 1. The zero-order valence-electron chi connectivity index (χ0n) is 17.9. The molecule has 3 heterocycles. The largest absolute Gasteiger partial charge is 0.368 e. The van der Waals surface area contributed by atoms with Gasteiger partial charge in [0.2, 0.25) is 0 Å². The van der Waals surface area contributed by atoms with Crippen LogP contribution in [-0.4, -0.2) is 52.1 Å². The van der Waals surface area contributed by atoms with Crippen LogP contribution in [0.3, 0.4) is 0 Å². The maximum atomic E-state index is 13.2. The fourth-order valence-electron chi connectivity index (χ4n) is 3.66. The minimum atomic E-state index is -0.395. The normalized spacial score (nSPS) is 13.9. The van der Waals surface area contributed by atoms with Gasteiger partial charge in [0.15, 0.2) is 0 Å². The van der Waals surface area contributed by atoms with Crippen LogP contribution in [0.5, 0.6) is 0 Å². The summed E-state index contributed by atoms with van der Waals surface area (Å²) in [4.78, 5) is 32.2. The first-order chi connectivity index (χ1) is 15.4. The number of aryl methyl sites for hydroxylation is 2. The summed E-state index contributed by atoms with van der Waals surface area (Å²) in [6, 6.07) is 10.2. The average molecular weight is 454 g/mol. The molecule has 0 spiro atoms. The Kier molecular flexibility index (Phi) is 6.40. The van der Waals surface area contributed by atoms with Gasteiger partial charge >= 0.3 is 0 Å². The highest BCUT2D eigenvalue weighted by molar-refractivity contribution is 7.98. The van der Waals surface area contributed by atoms with Crippen molar-refractivity contribution in [2.45, 2.75) is 24.6 Å². The van der Waals surface area contributed by atoms with Crippen molar-refractivity contribution in [1.82, 2.24) is 15.0 Å². The molecule has 0 aliphatic carbocycles. The maximum absolute atomic E-state index is 13.2. The molecule has 1 aliphatic heterocycles. The minimum Gasteiger partial charge on any atom is -0.368 e. The molecule has 0 unspecified atom stereocenters. The van der Waals surface area contributed by atoms with Crippen LogP contribution in [0.15, 0.2) is 52.1 Å². The van der Waals surface area contributed by atoms with Gasteiger partial charge in [-0.05, 0) is 32.0 Å². The molecule has 10 heteroatoms. The summed E-state index contributed by atoms with van der Waals surface area (Å²) in [5, 5.41) is 15.7. The van der Waals surface area contributed by atoms with Gasteiger partial charge in [-0.1, -0.05) is 11.2 Å². The number of nitro benzene ring substituents is 1. The van der Waals surface area contributed by atoms with Crippen LogP contribution in [0.25, 0.3) is 0 Å². The molecule has 9 nitrogen and oxygen atoms in total. The molecule has 2 aromatic heterocycles. The van der Waals surface area contributed by atoms with E-state index in [1.807, 2.05) is 24.8 Å². The number of non-ortho nitro benzene ring substituents is 1. The van der Waals surface area contributed by atoms with Crippen LogP contribution in [0.4, 0.5) is 11.4 Å². The van der Waals surface area contributed by atoms with Crippen molar-refractivity contribution in [3.05, 3.63) is 75.3 Å². The number of thioether (sulfide) groups is 1. The van der Waals surface area contributed by atoms with Crippen molar-refractivity contribution in [3.8, 4) is 0 Å². The number of amides is 1. The Morgan fingerprint density at radius 2 is 1.97 bits per heavy atom. The molecule has 32 heavy (non-hydrogen) atoms. The van der Waals surface area contributed by atoms with E-state index in [0.29, 0.717) is 42.5 Å². The third-order valence-corrected chi connectivity index (χ3v) is 6.54. The predicted molar refractivity (Wildman–Crippen MR) is 121 cm³/mol. The zero-order chi connectivity index (χ0) is 22.7. The quantitative estimate of drug-likeness (QED) is 0.315. The highest BCUT2D eigenvalue weighted by atomic mass is 32.2. The van der Waals surface area contributed by atoms with Gasteiger partial charge < -0.3 is 14.3 Å². The van der Waals surface area contributed by atoms with E-state index < -0.39 is 4.92 Å². The maximum Gasteiger partial charge on any atom is 0.271 e. The number of anilines is 1. The fraction of sp³-hybridized carbons (Fsp3) is 0.318. The molecule has 1 saturated heterocycles. The highest BCUT2D eigenvalue weighted by Crippen LogP contribution is 2.28. The summed E-state index contributed by atoms with van der Waals surface area (Å²) in [5.74, 6) is 1.34.